The number of rotatable bonds is 3. The Hall–Kier alpha value is -6.06. The van der Waals surface area contributed by atoms with Crippen LogP contribution in [0.5, 0.6) is 0 Å². The quantitative estimate of drug-likeness (QED) is 0.206. The second-order valence-electron chi connectivity index (χ2n) is 11.8. The summed E-state index contributed by atoms with van der Waals surface area (Å²) in [7, 11) is 0. The molecule has 210 valence electrons. The fraction of sp³-hybridized carbons (Fsp3) is 0. The molecule has 10 rings (SSSR count). The summed E-state index contributed by atoms with van der Waals surface area (Å²) in [5, 5.41) is 7.35. The van der Waals surface area contributed by atoms with Crippen LogP contribution in [0, 0.1) is 0 Å². The minimum absolute atomic E-state index is 0.915. The molecule has 3 heteroatoms. The minimum Gasteiger partial charge on any atom is -0.456 e. The van der Waals surface area contributed by atoms with Gasteiger partial charge in [0.2, 0.25) is 0 Å². The zero-order valence-electron chi connectivity index (χ0n) is 24.3. The molecule has 0 atom stereocenters. The van der Waals surface area contributed by atoms with Crippen LogP contribution in [0.2, 0.25) is 0 Å². The Labute approximate surface area is 258 Å². The van der Waals surface area contributed by atoms with Gasteiger partial charge in [-0.2, -0.15) is 0 Å². The maximum atomic E-state index is 6.19. The summed E-state index contributed by atoms with van der Waals surface area (Å²) in [6.07, 6.45) is 0. The van der Waals surface area contributed by atoms with Gasteiger partial charge in [-0.3, -0.25) is 0 Å². The molecule has 0 N–H and O–H groups in total. The van der Waals surface area contributed by atoms with Crippen molar-refractivity contribution in [2.45, 2.75) is 0 Å². The van der Waals surface area contributed by atoms with Gasteiger partial charge in [-0.05, 0) is 71.8 Å². The topological polar surface area (TPSA) is 23.0 Å². The highest BCUT2D eigenvalue weighted by Crippen LogP contribution is 2.41. The Morgan fingerprint density at radius 2 is 0.911 bits per heavy atom. The zero-order valence-corrected chi connectivity index (χ0v) is 24.3. The lowest BCUT2D eigenvalue weighted by atomic mass is 9.99. The summed E-state index contributed by atoms with van der Waals surface area (Å²) in [5.74, 6) is 0. The molecule has 3 nitrogen and oxygen atoms in total. The first kappa shape index (κ1) is 24.4. The molecule has 0 radical (unpaired) electrons. The SMILES string of the molecule is c1ccc(-n2c3ccccc3c3cc4c5ccccc5n(-c5ccc(-c6cccc7oc8ccccc8c67)cc5)c4cc32)cc1. The van der Waals surface area contributed by atoms with Gasteiger partial charge >= 0.3 is 0 Å². The van der Waals surface area contributed by atoms with Crippen LogP contribution in [-0.4, -0.2) is 9.13 Å². The van der Waals surface area contributed by atoms with Crippen LogP contribution >= 0.6 is 0 Å². The van der Waals surface area contributed by atoms with Crippen LogP contribution < -0.4 is 0 Å². The van der Waals surface area contributed by atoms with Crippen molar-refractivity contribution in [1.29, 1.82) is 0 Å². The lowest BCUT2D eigenvalue weighted by Crippen LogP contribution is -1.95. The first-order valence-corrected chi connectivity index (χ1v) is 15.4. The van der Waals surface area contributed by atoms with E-state index in [1.807, 2.05) is 12.1 Å². The van der Waals surface area contributed by atoms with E-state index in [1.54, 1.807) is 0 Å². The highest BCUT2D eigenvalue weighted by Gasteiger charge is 2.19. The lowest BCUT2D eigenvalue weighted by molar-refractivity contribution is 0.669. The van der Waals surface area contributed by atoms with Gasteiger partial charge in [-0.25, -0.2) is 0 Å². The van der Waals surface area contributed by atoms with Crippen LogP contribution in [0.1, 0.15) is 0 Å². The Balaban J connectivity index is 1.23. The first-order chi connectivity index (χ1) is 22.3. The number of para-hydroxylation sites is 4. The zero-order chi connectivity index (χ0) is 29.5. The highest BCUT2D eigenvalue weighted by molar-refractivity contribution is 6.19. The number of hydrogen-bond donors (Lipinski definition) is 0. The van der Waals surface area contributed by atoms with Crippen LogP contribution in [0.25, 0.3) is 88.1 Å². The maximum Gasteiger partial charge on any atom is 0.136 e. The molecule has 0 fully saturated rings. The molecule has 10 aromatic rings. The van der Waals surface area contributed by atoms with Crippen molar-refractivity contribution >= 4 is 65.6 Å². The van der Waals surface area contributed by atoms with E-state index < -0.39 is 0 Å². The molecular formula is C42H26N2O. The summed E-state index contributed by atoms with van der Waals surface area (Å²) in [4.78, 5) is 0. The van der Waals surface area contributed by atoms with E-state index in [2.05, 4.69) is 155 Å². The number of aromatic nitrogens is 2. The predicted octanol–water partition coefficient (Wildman–Crippen LogP) is 11.4. The van der Waals surface area contributed by atoms with Gasteiger partial charge < -0.3 is 13.6 Å². The van der Waals surface area contributed by atoms with Crippen molar-refractivity contribution < 1.29 is 4.42 Å². The van der Waals surface area contributed by atoms with Crippen molar-refractivity contribution in [1.82, 2.24) is 9.13 Å². The fourth-order valence-electron chi connectivity index (χ4n) is 7.37. The molecule has 0 unspecified atom stereocenters. The third-order valence-electron chi connectivity index (χ3n) is 9.32. The molecule has 3 aromatic heterocycles. The largest absolute Gasteiger partial charge is 0.456 e. The van der Waals surface area contributed by atoms with Crippen molar-refractivity contribution in [2.75, 3.05) is 0 Å². The van der Waals surface area contributed by atoms with E-state index >= 15 is 0 Å². The van der Waals surface area contributed by atoms with Gasteiger partial charge in [0, 0.05) is 43.7 Å². The highest BCUT2D eigenvalue weighted by atomic mass is 16.3. The monoisotopic (exact) mass is 574 g/mol. The van der Waals surface area contributed by atoms with Gasteiger partial charge in [-0.1, -0.05) is 97.1 Å². The van der Waals surface area contributed by atoms with Crippen LogP contribution in [-0.2, 0) is 0 Å². The molecule has 0 bridgehead atoms. The van der Waals surface area contributed by atoms with E-state index in [0.717, 1.165) is 33.3 Å². The first-order valence-electron chi connectivity index (χ1n) is 15.4. The number of nitrogens with zero attached hydrogens (tertiary/aromatic N) is 2. The summed E-state index contributed by atoms with van der Waals surface area (Å²) >= 11 is 0. The van der Waals surface area contributed by atoms with E-state index in [0.29, 0.717) is 0 Å². The van der Waals surface area contributed by atoms with Crippen LogP contribution in [0.4, 0.5) is 0 Å². The van der Waals surface area contributed by atoms with Gasteiger partial charge in [0.1, 0.15) is 11.2 Å². The number of furan rings is 1. The van der Waals surface area contributed by atoms with Crippen molar-refractivity contribution in [3.8, 4) is 22.5 Å². The van der Waals surface area contributed by atoms with Crippen LogP contribution in [0.15, 0.2) is 162 Å². The molecule has 45 heavy (non-hydrogen) atoms. The molecule has 0 amide bonds. The summed E-state index contributed by atoms with van der Waals surface area (Å²) in [6, 6.07) is 56.5. The number of fused-ring (bicyclic) bond motifs is 9. The Morgan fingerprint density at radius 3 is 1.60 bits per heavy atom. The second-order valence-corrected chi connectivity index (χ2v) is 11.8. The molecule has 0 aliphatic heterocycles. The average Bonchev–Trinajstić information content (AvgIpc) is 3.75. The molecular weight excluding hydrogens is 548 g/mol. The molecule has 7 aromatic carbocycles. The van der Waals surface area contributed by atoms with Crippen molar-refractivity contribution in [2.24, 2.45) is 0 Å². The molecule has 0 saturated carbocycles. The van der Waals surface area contributed by atoms with E-state index in [9.17, 15) is 0 Å². The Morgan fingerprint density at radius 1 is 0.356 bits per heavy atom. The standard InChI is InChI=1S/C42H26N2O/c1-2-11-28(12-3-1)43-36-17-7-4-13-31(36)34-25-35-32-14-5-8-18-37(32)44(39(35)26-38(34)43)29-23-21-27(22-24-29)30-16-10-20-41-42(30)33-15-6-9-19-40(33)45-41/h1-26H. The third kappa shape index (κ3) is 3.46. The normalized spacial score (nSPS) is 12.0. The Kier molecular flexibility index (Phi) is 5.00. The maximum absolute atomic E-state index is 6.19. The van der Waals surface area contributed by atoms with Gasteiger partial charge in [0.15, 0.2) is 0 Å². The smallest absolute Gasteiger partial charge is 0.136 e. The minimum atomic E-state index is 0.915. The second kappa shape index (κ2) is 9.22. The summed E-state index contributed by atoms with van der Waals surface area (Å²) < 4.78 is 11.0. The van der Waals surface area contributed by atoms with Gasteiger partial charge in [0.05, 0.1) is 22.1 Å². The fourth-order valence-corrected chi connectivity index (χ4v) is 7.37. The average molecular weight is 575 g/mol. The van der Waals surface area contributed by atoms with E-state index in [-0.39, 0.29) is 0 Å². The lowest BCUT2D eigenvalue weighted by Gasteiger charge is -2.11. The Bertz CT molecular complexity index is 2740. The van der Waals surface area contributed by atoms with E-state index in [4.69, 9.17) is 4.42 Å². The third-order valence-corrected chi connectivity index (χ3v) is 9.32. The van der Waals surface area contributed by atoms with Crippen molar-refractivity contribution in [3.63, 3.8) is 0 Å². The molecule has 0 aliphatic rings. The van der Waals surface area contributed by atoms with Gasteiger partial charge in [-0.15, -0.1) is 0 Å². The molecule has 0 spiro atoms. The van der Waals surface area contributed by atoms with E-state index in [1.165, 1.54) is 54.7 Å². The number of benzene rings is 7. The molecule has 3 heterocycles. The van der Waals surface area contributed by atoms with Crippen LogP contribution in [0.3, 0.4) is 0 Å². The molecule has 0 saturated heterocycles. The molecule has 0 aliphatic carbocycles. The van der Waals surface area contributed by atoms with Gasteiger partial charge in [0.25, 0.3) is 0 Å². The predicted molar refractivity (Wildman–Crippen MR) is 188 cm³/mol. The number of hydrogen-bond acceptors (Lipinski definition) is 1. The summed E-state index contributed by atoms with van der Waals surface area (Å²) in [6.45, 7) is 0. The summed E-state index contributed by atoms with van der Waals surface area (Å²) in [5.41, 5.74) is 11.3. The van der Waals surface area contributed by atoms with Crippen molar-refractivity contribution in [3.05, 3.63) is 158 Å².